The normalized spacial score (nSPS) is 19.3. The molecule has 0 bridgehead atoms. The van der Waals surface area contributed by atoms with Crippen molar-refractivity contribution in [3.63, 3.8) is 0 Å². The van der Waals surface area contributed by atoms with Gasteiger partial charge in [-0.3, -0.25) is 4.90 Å². The fraction of sp³-hybridized carbons (Fsp3) is 0.400. The number of fused-ring (bicyclic) bond motifs is 1. The number of aryl methyl sites for hydroxylation is 1. The quantitative estimate of drug-likeness (QED) is 0.470. The third-order valence-corrected chi connectivity index (χ3v) is 6.45. The molecule has 4 rings (SSSR count). The first-order valence-electron chi connectivity index (χ1n) is 11.0. The van der Waals surface area contributed by atoms with Crippen molar-refractivity contribution >= 4 is 22.6 Å². The number of carboxylic acids is 1. The molecule has 1 aliphatic heterocycles. The number of piperidine rings is 1. The maximum Gasteiger partial charge on any atom is 0.337 e. The van der Waals surface area contributed by atoms with E-state index in [1.165, 1.54) is 0 Å². The van der Waals surface area contributed by atoms with Crippen molar-refractivity contribution in [1.29, 1.82) is 0 Å². The van der Waals surface area contributed by atoms with Gasteiger partial charge in [-0.15, -0.1) is 0 Å². The first-order valence-corrected chi connectivity index (χ1v) is 11.0. The lowest BCUT2D eigenvalue weighted by molar-refractivity contribution is -0.0138. The molecule has 0 saturated carbocycles. The average Bonchev–Trinajstić information content (AvgIpc) is 3.27. The number of H-pyrrole nitrogens is 1. The summed E-state index contributed by atoms with van der Waals surface area (Å²) in [6.07, 6.45) is 3.89. The number of nitrogens with two attached hydrogens (primary N) is 1. The van der Waals surface area contributed by atoms with E-state index in [9.17, 15) is 9.90 Å². The number of likely N-dealkylation sites (tertiary alicyclic amines) is 1. The van der Waals surface area contributed by atoms with Crippen LogP contribution in [0.1, 0.15) is 52.9 Å². The highest BCUT2D eigenvalue weighted by molar-refractivity contribution is 5.93. The summed E-state index contributed by atoms with van der Waals surface area (Å²) >= 11 is 0. The number of nitrogens with one attached hydrogen (secondary N) is 1. The van der Waals surface area contributed by atoms with E-state index >= 15 is 0 Å². The van der Waals surface area contributed by atoms with Crippen LogP contribution in [0, 0.1) is 6.92 Å². The molecule has 0 spiro atoms. The number of aromatic carboxylic acids is 1. The highest BCUT2D eigenvalue weighted by Gasteiger charge is 2.31. The number of carbonyl (C=O) groups is 1. The largest absolute Gasteiger partial charge is 0.496 e. The van der Waals surface area contributed by atoms with Gasteiger partial charge in [-0.1, -0.05) is 6.07 Å². The number of hydrogen-bond acceptors (Lipinski definition) is 5. The average molecular weight is 438 g/mol. The lowest BCUT2D eigenvalue weighted by atomic mass is 9.91. The number of aromatic amines is 1. The van der Waals surface area contributed by atoms with Crippen molar-refractivity contribution in [2.75, 3.05) is 26.0 Å². The van der Waals surface area contributed by atoms with Crippen molar-refractivity contribution in [3.05, 3.63) is 58.8 Å². The van der Waals surface area contributed by atoms with Gasteiger partial charge in [0.2, 0.25) is 0 Å². The van der Waals surface area contributed by atoms with Crippen LogP contribution in [-0.2, 0) is 11.3 Å². The van der Waals surface area contributed by atoms with Gasteiger partial charge in [0.25, 0.3) is 0 Å². The van der Waals surface area contributed by atoms with Crippen molar-refractivity contribution in [2.45, 2.75) is 45.4 Å². The summed E-state index contributed by atoms with van der Waals surface area (Å²) in [7, 11) is 1.71. The van der Waals surface area contributed by atoms with Crippen LogP contribution in [0.15, 0.2) is 36.5 Å². The summed E-state index contributed by atoms with van der Waals surface area (Å²) in [5, 5.41) is 10.5. The molecule has 0 amide bonds. The zero-order valence-corrected chi connectivity index (χ0v) is 18.9. The Labute approximate surface area is 188 Å². The van der Waals surface area contributed by atoms with E-state index in [1.807, 2.05) is 19.2 Å². The maximum absolute atomic E-state index is 11.4. The number of nitrogens with zero attached hydrogens (tertiary/aromatic N) is 1. The highest BCUT2D eigenvalue weighted by atomic mass is 16.5. The first-order chi connectivity index (χ1) is 15.4. The lowest BCUT2D eigenvalue weighted by Gasteiger charge is -2.40. The van der Waals surface area contributed by atoms with Gasteiger partial charge in [-0.05, 0) is 62.1 Å². The van der Waals surface area contributed by atoms with E-state index in [4.69, 9.17) is 15.2 Å². The minimum absolute atomic E-state index is 0.0606. The van der Waals surface area contributed by atoms with Crippen LogP contribution in [0.3, 0.4) is 0 Å². The number of carboxylic acid groups (broad SMARTS) is 1. The van der Waals surface area contributed by atoms with Crippen LogP contribution in [0.2, 0.25) is 0 Å². The molecular formula is C25H31N3O4. The standard InChI is InChI=1S/C25H31N3O4/c1-4-32-17-8-10-28(22(13-17)16-5-6-19(25(29)30)21(26)12-16)14-20-18-7-9-27-24(18)15(2)11-23(20)31-3/h5-7,9,11-12,17,22,27H,4,8,10,13-14,26H2,1-3H3,(H,29,30)/t17-,22+/m0/s1. The maximum atomic E-state index is 11.4. The number of benzene rings is 2. The molecule has 1 saturated heterocycles. The summed E-state index contributed by atoms with van der Waals surface area (Å²) < 4.78 is 11.7. The molecule has 1 aliphatic rings. The highest BCUT2D eigenvalue weighted by Crippen LogP contribution is 2.38. The van der Waals surface area contributed by atoms with E-state index in [1.54, 1.807) is 19.2 Å². The zero-order valence-electron chi connectivity index (χ0n) is 18.9. The number of methoxy groups -OCH3 is 1. The molecule has 4 N–H and O–H groups in total. The van der Waals surface area contributed by atoms with Crippen LogP contribution in [0.25, 0.3) is 10.9 Å². The van der Waals surface area contributed by atoms with Gasteiger partial charge in [-0.25, -0.2) is 4.79 Å². The van der Waals surface area contributed by atoms with E-state index in [2.05, 4.69) is 28.9 Å². The van der Waals surface area contributed by atoms with Crippen molar-refractivity contribution in [2.24, 2.45) is 0 Å². The van der Waals surface area contributed by atoms with Crippen molar-refractivity contribution in [1.82, 2.24) is 9.88 Å². The first kappa shape index (κ1) is 22.2. The van der Waals surface area contributed by atoms with Gasteiger partial charge < -0.3 is 25.3 Å². The van der Waals surface area contributed by atoms with Gasteiger partial charge in [0.15, 0.2) is 0 Å². The Morgan fingerprint density at radius 3 is 2.81 bits per heavy atom. The molecule has 0 aliphatic carbocycles. The van der Waals surface area contributed by atoms with Gasteiger partial charge in [0.1, 0.15) is 5.75 Å². The van der Waals surface area contributed by atoms with Gasteiger partial charge in [0.05, 0.1) is 18.8 Å². The second-order valence-electron chi connectivity index (χ2n) is 8.38. The number of anilines is 1. The summed E-state index contributed by atoms with van der Waals surface area (Å²) in [5.41, 5.74) is 10.9. The fourth-order valence-electron chi connectivity index (χ4n) is 4.87. The predicted octanol–water partition coefficient (Wildman–Crippen LogP) is 4.51. The molecule has 1 fully saturated rings. The molecule has 1 aromatic heterocycles. The van der Waals surface area contributed by atoms with Crippen molar-refractivity contribution < 1.29 is 19.4 Å². The van der Waals surface area contributed by atoms with Gasteiger partial charge in [-0.2, -0.15) is 0 Å². The fourth-order valence-corrected chi connectivity index (χ4v) is 4.87. The van der Waals surface area contributed by atoms with E-state index in [0.29, 0.717) is 13.2 Å². The third kappa shape index (κ3) is 4.18. The van der Waals surface area contributed by atoms with E-state index < -0.39 is 5.97 Å². The topological polar surface area (TPSA) is 101 Å². The Kier molecular flexibility index (Phi) is 6.39. The van der Waals surface area contributed by atoms with Crippen LogP contribution in [-0.4, -0.2) is 47.3 Å². The Hall–Kier alpha value is -3.03. The molecule has 2 atom stereocenters. The molecule has 170 valence electrons. The summed E-state index contributed by atoms with van der Waals surface area (Å²) in [5.74, 6) is -0.137. The molecule has 2 aromatic carbocycles. The second kappa shape index (κ2) is 9.22. The Morgan fingerprint density at radius 1 is 1.31 bits per heavy atom. The summed E-state index contributed by atoms with van der Waals surface area (Å²) in [6.45, 7) is 6.34. The number of rotatable bonds is 7. The smallest absolute Gasteiger partial charge is 0.337 e. The number of nitrogen functional groups attached to an aromatic ring is 1. The van der Waals surface area contributed by atoms with Gasteiger partial charge >= 0.3 is 5.97 Å². The van der Waals surface area contributed by atoms with Crippen LogP contribution >= 0.6 is 0 Å². The molecule has 2 heterocycles. The van der Waals surface area contributed by atoms with Crippen molar-refractivity contribution in [3.8, 4) is 5.75 Å². The van der Waals surface area contributed by atoms with E-state index in [-0.39, 0.29) is 23.4 Å². The second-order valence-corrected chi connectivity index (χ2v) is 8.38. The Morgan fingerprint density at radius 2 is 2.12 bits per heavy atom. The summed E-state index contributed by atoms with van der Waals surface area (Å²) in [4.78, 5) is 17.2. The molecule has 0 unspecified atom stereocenters. The molecule has 7 nitrogen and oxygen atoms in total. The molecule has 7 heteroatoms. The predicted molar refractivity (Wildman–Crippen MR) is 125 cm³/mol. The SMILES string of the molecule is CCO[C@H]1CCN(Cc2c(OC)cc(C)c3[nH]ccc23)[C@@H](c2ccc(C(=O)O)c(N)c2)C1. The number of aromatic nitrogens is 1. The Balaban J connectivity index is 1.72. The molecule has 32 heavy (non-hydrogen) atoms. The van der Waals surface area contributed by atoms with Crippen LogP contribution in [0.4, 0.5) is 5.69 Å². The van der Waals surface area contributed by atoms with Crippen LogP contribution < -0.4 is 10.5 Å². The molecule has 3 aromatic rings. The summed E-state index contributed by atoms with van der Waals surface area (Å²) in [6, 6.07) is 9.52. The third-order valence-electron chi connectivity index (χ3n) is 6.45. The van der Waals surface area contributed by atoms with Crippen LogP contribution in [0.5, 0.6) is 5.75 Å². The molecule has 0 radical (unpaired) electrons. The number of ether oxygens (including phenoxy) is 2. The molecular weight excluding hydrogens is 406 g/mol. The van der Waals surface area contributed by atoms with E-state index in [0.717, 1.165) is 52.7 Å². The lowest BCUT2D eigenvalue weighted by Crippen LogP contribution is -2.39. The zero-order chi connectivity index (χ0) is 22.8. The Bertz CT molecular complexity index is 1120. The minimum atomic E-state index is -1.01. The monoisotopic (exact) mass is 437 g/mol. The minimum Gasteiger partial charge on any atom is -0.496 e. The number of hydrogen-bond donors (Lipinski definition) is 3. The van der Waals surface area contributed by atoms with Gasteiger partial charge in [0, 0.05) is 54.1 Å².